The van der Waals surface area contributed by atoms with Crippen molar-refractivity contribution in [2.45, 2.75) is 24.0 Å². The van der Waals surface area contributed by atoms with Crippen LogP contribution in [-0.2, 0) is 19.4 Å². The summed E-state index contributed by atoms with van der Waals surface area (Å²) in [6, 6.07) is 7.59. The van der Waals surface area contributed by atoms with Gasteiger partial charge in [-0.05, 0) is 32.0 Å². The van der Waals surface area contributed by atoms with Gasteiger partial charge >= 0.3 is 0 Å². The summed E-state index contributed by atoms with van der Waals surface area (Å²) in [6.07, 6.45) is 1.10. The van der Waals surface area contributed by atoms with Crippen LogP contribution in [0.4, 0.5) is 11.5 Å². The van der Waals surface area contributed by atoms with Crippen LogP contribution in [0.15, 0.2) is 39.8 Å². The van der Waals surface area contributed by atoms with E-state index in [1.165, 1.54) is 12.1 Å². The van der Waals surface area contributed by atoms with Gasteiger partial charge in [0.2, 0.25) is 11.8 Å². The summed E-state index contributed by atoms with van der Waals surface area (Å²) in [5, 5.41) is 8.40. The Balaban J connectivity index is 1.85. The van der Waals surface area contributed by atoms with Crippen LogP contribution in [0.2, 0.25) is 0 Å². The molecule has 0 unspecified atom stereocenters. The van der Waals surface area contributed by atoms with Crippen molar-refractivity contribution in [1.29, 1.82) is 0 Å². The highest BCUT2D eigenvalue weighted by Gasteiger charge is 2.17. The van der Waals surface area contributed by atoms with Gasteiger partial charge < -0.3 is 15.2 Å². The Morgan fingerprint density at radius 1 is 1.27 bits per heavy atom. The number of nitrogens with one attached hydrogen (secondary N) is 2. The molecule has 140 valence electrons. The maximum absolute atomic E-state index is 12.0. The van der Waals surface area contributed by atoms with Gasteiger partial charge in [-0.1, -0.05) is 11.2 Å². The number of nitrogens with zero attached hydrogens (tertiary/aromatic N) is 1. The Kier molecular flexibility index (Phi) is 6.43. The molecule has 26 heavy (non-hydrogen) atoms. The lowest BCUT2D eigenvalue weighted by Crippen LogP contribution is -2.25. The van der Waals surface area contributed by atoms with Gasteiger partial charge in [0.1, 0.15) is 5.76 Å². The molecule has 0 saturated heterocycles. The Labute approximate surface area is 155 Å². The first kappa shape index (κ1) is 20.0. The maximum atomic E-state index is 12.0. The molecule has 1 aromatic carbocycles. The molecule has 0 aliphatic heterocycles. The summed E-state index contributed by atoms with van der Waals surface area (Å²) in [5.41, 5.74) is 0.383. The lowest BCUT2D eigenvalue weighted by molar-refractivity contribution is -0.115. The van der Waals surface area contributed by atoms with Gasteiger partial charge in [-0.2, -0.15) is 0 Å². The van der Waals surface area contributed by atoms with E-state index in [2.05, 4.69) is 15.8 Å². The van der Waals surface area contributed by atoms with E-state index in [0.717, 1.165) is 18.0 Å². The number of rotatable bonds is 7. The molecule has 0 saturated carbocycles. The molecular weight excluding hydrogens is 378 g/mol. The third-order valence-corrected chi connectivity index (χ3v) is 5.51. The quantitative estimate of drug-likeness (QED) is 0.734. The summed E-state index contributed by atoms with van der Waals surface area (Å²) in [7, 11) is -3.35. The lowest BCUT2D eigenvalue weighted by Gasteiger charge is -2.11. The standard InChI is InChI=1S/C16H19N3O5S2/c1-10-7-14(19-24-10)18-16(21)11(2)25-9-15(20)17-12-5-4-6-13(8-12)26(3,22)23/h4-8,11H,9H2,1-3H3,(H,17,20)(H,18,19,21)/t11-/m1/s1. The molecule has 0 aliphatic rings. The van der Waals surface area contributed by atoms with E-state index in [1.807, 2.05) is 0 Å². The second kappa shape index (κ2) is 8.37. The molecule has 2 aromatic rings. The maximum Gasteiger partial charge on any atom is 0.238 e. The summed E-state index contributed by atoms with van der Waals surface area (Å²) >= 11 is 1.15. The number of aryl methyl sites for hydroxylation is 1. The van der Waals surface area contributed by atoms with Crippen molar-refractivity contribution in [3.8, 4) is 0 Å². The zero-order valence-electron chi connectivity index (χ0n) is 14.5. The van der Waals surface area contributed by atoms with Crippen molar-refractivity contribution in [2.24, 2.45) is 0 Å². The average Bonchev–Trinajstić information content (AvgIpc) is 2.97. The number of aromatic nitrogens is 1. The first-order valence-electron chi connectivity index (χ1n) is 7.61. The minimum absolute atomic E-state index is 0.0372. The summed E-state index contributed by atoms with van der Waals surface area (Å²) in [5.74, 6) is 0.307. The smallest absolute Gasteiger partial charge is 0.238 e. The van der Waals surface area contributed by atoms with Crippen molar-refractivity contribution in [3.63, 3.8) is 0 Å². The summed E-state index contributed by atoms with van der Waals surface area (Å²) in [6.45, 7) is 3.38. The van der Waals surface area contributed by atoms with Gasteiger partial charge in [-0.25, -0.2) is 8.42 Å². The van der Waals surface area contributed by atoms with Crippen LogP contribution in [0.25, 0.3) is 0 Å². The topological polar surface area (TPSA) is 118 Å². The van der Waals surface area contributed by atoms with E-state index in [4.69, 9.17) is 4.52 Å². The van der Waals surface area contributed by atoms with E-state index in [9.17, 15) is 18.0 Å². The number of benzene rings is 1. The second-order valence-corrected chi connectivity index (χ2v) is 8.96. The van der Waals surface area contributed by atoms with Crippen LogP contribution in [0.1, 0.15) is 12.7 Å². The van der Waals surface area contributed by atoms with Crippen molar-refractivity contribution >= 4 is 44.9 Å². The third-order valence-electron chi connectivity index (χ3n) is 3.26. The number of carbonyl (C=O) groups is 2. The molecule has 1 atom stereocenters. The average molecular weight is 397 g/mol. The number of hydrogen-bond donors (Lipinski definition) is 2. The molecule has 0 fully saturated rings. The first-order valence-corrected chi connectivity index (χ1v) is 10.5. The van der Waals surface area contributed by atoms with Crippen molar-refractivity contribution in [3.05, 3.63) is 36.1 Å². The van der Waals surface area contributed by atoms with Crippen LogP contribution < -0.4 is 10.6 Å². The summed E-state index contributed by atoms with van der Waals surface area (Å²) in [4.78, 5) is 24.2. The Hall–Kier alpha value is -2.33. The van der Waals surface area contributed by atoms with Crippen LogP contribution in [0, 0.1) is 6.92 Å². The lowest BCUT2D eigenvalue weighted by atomic mass is 10.3. The largest absolute Gasteiger partial charge is 0.360 e. The van der Waals surface area contributed by atoms with Gasteiger partial charge in [0.25, 0.3) is 0 Å². The monoisotopic (exact) mass is 397 g/mol. The van der Waals surface area contributed by atoms with Gasteiger partial charge in [0.05, 0.1) is 15.9 Å². The number of amides is 2. The predicted molar refractivity (Wildman–Crippen MR) is 100.0 cm³/mol. The van der Waals surface area contributed by atoms with Gasteiger partial charge in [-0.3, -0.25) is 9.59 Å². The van der Waals surface area contributed by atoms with Crippen LogP contribution in [0.5, 0.6) is 0 Å². The zero-order chi connectivity index (χ0) is 19.3. The SMILES string of the molecule is Cc1cc(NC(=O)[C@@H](C)SCC(=O)Nc2cccc(S(C)(=O)=O)c2)no1. The normalized spacial score (nSPS) is 12.4. The highest BCUT2D eigenvalue weighted by molar-refractivity contribution is 8.01. The number of hydrogen-bond acceptors (Lipinski definition) is 7. The van der Waals surface area contributed by atoms with E-state index in [-0.39, 0.29) is 22.5 Å². The number of anilines is 2. The van der Waals surface area contributed by atoms with E-state index in [1.54, 1.807) is 32.0 Å². The first-order chi connectivity index (χ1) is 12.1. The van der Waals surface area contributed by atoms with Gasteiger partial charge in [0, 0.05) is 18.0 Å². The molecule has 8 nitrogen and oxygen atoms in total. The number of thioether (sulfide) groups is 1. The molecule has 0 spiro atoms. The molecule has 0 bridgehead atoms. The molecule has 1 heterocycles. The molecule has 0 radical (unpaired) electrons. The van der Waals surface area contributed by atoms with Crippen molar-refractivity contribution < 1.29 is 22.5 Å². The van der Waals surface area contributed by atoms with Crippen molar-refractivity contribution in [2.75, 3.05) is 22.6 Å². The van der Waals surface area contributed by atoms with Crippen LogP contribution >= 0.6 is 11.8 Å². The fraction of sp³-hybridized carbons (Fsp3) is 0.312. The van der Waals surface area contributed by atoms with Gasteiger partial charge in [0.15, 0.2) is 15.7 Å². The predicted octanol–water partition coefficient (Wildman–Crippen LogP) is 2.09. The molecule has 0 aliphatic carbocycles. The third kappa shape index (κ3) is 5.88. The minimum atomic E-state index is -3.35. The van der Waals surface area contributed by atoms with Crippen molar-refractivity contribution in [1.82, 2.24) is 5.16 Å². The number of sulfone groups is 1. The van der Waals surface area contributed by atoms with E-state index in [0.29, 0.717) is 17.3 Å². The zero-order valence-corrected chi connectivity index (χ0v) is 16.1. The minimum Gasteiger partial charge on any atom is -0.360 e. The second-order valence-electron chi connectivity index (χ2n) is 5.61. The van der Waals surface area contributed by atoms with E-state index < -0.39 is 15.1 Å². The molecule has 2 amide bonds. The van der Waals surface area contributed by atoms with E-state index >= 15 is 0 Å². The molecule has 2 rings (SSSR count). The van der Waals surface area contributed by atoms with Crippen LogP contribution in [0.3, 0.4) is 0 Å². The number of carbonyl (C=O) groups excluding carboxylic acids is 2. The Morgan fingerprint density at radius 2 is 2.00 bits per heavy atom. The molecular formula is C16H19N3O5S2. The Morgan fingerprint density at radius 3 is 2.62 bits per heavy atom. The van der Waals surface area contributed by atoms with Gasteiger partial charge in [-0.15, -0.1) is 11.8 Å². The molecule has 10 heteroatoms. The Bertz CT molecular complexity index is 908. The molecule has 2 N–H and O–H groups in total. The summed E-state index contributed by atoms with van der Waals surface area (Å²) < 4.78 is 27.9. The fourth-order valence-corrected chi connectivity index (χ4v) is 3.28. The fourth-order valence-electron chi connectivity index (χ4n) is 1.93. The highest BCUT2D eigenvalue weighted by Crippen LogP contribution is 2.17. The molecule has 1 aromatic heterocycles. The van der Waals surface area contributed by atoms with Crippen LogP contribution in [-0.4, -0.2) is 42.6 Å². The highest BCUT2D eigenvalue weighted by atomic mass is 32.2.